The molecule has 0 atom stereocenters. The maximum atomic E-state index is 11.9. The largest absolute Gasteiger partial charge is 0.506 e. The van der Waals surface area contributed by atoms with Crippen LogP contribution in [0.1, 0.15) is 22.3 Å². The lowest BCUT2D eigenvalue weighted by molar-refractivity contribution is 0.392. The van der Waals surface area contributed by atoms with Gasteiger partial charge in [-0.15, -0.1) is 0 Å². The SMILES string of the molecule is Cc1ccc(Cc2ccc(N3C=C(O)NS3(=O)=O)c(O)c2)c(CS(N)(=O)=O)c1. The van der Waals surface area contributed by atoms with E-state index in [0.717, 1.165) is 21.6 Å². The van der Waals surface area contributed by atoms with E-state index >= 15 is 0 Å². The first kappa shape index (κ1) is 20.0. The van der Waals surface area contributed by atoms with Gasteiger partial charge in [0.1, 0.15) is 11.4 Å². The van der Waals surface area contributed by atoms with Crippen LogP contribution in [0.2, 0.25) is 0 Å². The second kappa shape index (κ2) is 7.00. The van der Waals surface area contributed by atoms with Crippen molar-refractivity contribution >= 4 is 25.9 Å². The Bertz CT molecular complexity index is 1170. The summed E-state index contributed by atoms with van der Waals surface area (Å²) in [6.07, 6.45) is 1.25. The molecule has 0 aromatic heterocycles. The number of nitrogens with zero attached hydrogens (tertiary/aromatic N) is 1. The Morgan fingerprint density at radius 2 is 1.82 bits per heavy atom. The first-order valence-corrected chi connectivity index (χ1v) is 11.2. The van der Waals surface area contributed by atoms with Gasteiger partial charge in [0.05, 0.1) is 12.0 Å². The highest BCUT2D eigenvalue weighted by Crippen LogP contribution is 2.33. The number of benzene rings is 2. The summed E-state index contributed by atoms with van der Waals surface area (Å²) >= 11 is 0. The van der Waals surface area contributed by atoms with Gasteiger partial charge in [-0.25, -0.2) is 22.6 Å². The molecule has 0 fully saturated rings. The second-order valence-electron chi connectivity index (χ2n) is 6.50. The van der Waals surface area contributed by atoms with Gasteiger partial charge in [0.25, 0.3) is 0 Å². The molecule has 150 valence electrons. The zero-order valence-electron chi connectivity index (χ0n) is 14.8. The zero-order valence-corrected chi connectivity index (χ0v) is 16.5. The fourth-order valence-electron chi connectivity index (χ4n) is 2.95. The minimum Gasteiger partial charge on any atom is -0.506 e. The molecule has 0 radical (unpaired) electrons. The fraction of sp³-hybridized carbons (Fsp3) is 0.176. The lowest BCUT2D eigenvalue weighted by Crippen LogP contribution is -2.29. The monoisotopic (exact) mass is 425 g/mol. The van der Waals surface area contributed by atoms with E-state index in [1.807, 2.05) is 17.7 Å². The Morgan fingerprint density at radius 3 is 2.39 bits per heavy atom. The second-order valence-corrected chi connectivity index (χ2v) is 9.66. The molecule has 0 aliphatic carbocycles. The minimum absolute atomic E-state index is 0.0334. The van der Waals surface area contributed by atoms with E-state index in [-0.39, 0.29) is 17.2 Å². The molecule has 9 nitrogen and oxygen atoms in total. The average Bonchev–Trinajstić information content (AvgIpc) is 2.81. The summed E-state index contributed by atoms with van der Waals surface area (Å²) in [5, 5.41) is 24.8. The summed E-state index contributed by atoms with van der Waals surface area (Å²) < 4.78 is 49.5. The van der Waals surface area contributed by atoms with Gasteiger partial charge in [-0.3, -0.25) is 0 Å². The number of hydrogen-bond donors (Lipinski definition) is 4. The first-order valence-electron chi connectivity index (χ1n) is 8.08. The van der Waals surface area contributed by atoms with Gasteiger partial charge < -0.3 is 10.2 Å². The molecule has 5 N–H and O–H groups in total. The Labute approximate surface area is 163 Å². The van der Waals surface area contributed by atoms with Crippen LogP contribution in [0.4, 0.5) is 5.69 Å². The molecule has 0 unspecified atom stereocenters. The van der Waals surface area contributed by atoms with Crippen molar-refractivity contribution in [2.75, 3.05) is 4.31 Å². The van der Waals surface area contributed by atoms with Crippen LogP contribution in [0.5, 0.6) is 5.75 Å². The molecule has 0 saturated heterocycles. The normalized spacial score (nSPS) is 15.9. The predicted molar refractivity (Wildman–Crippen MR) is 104 cm³/mol. The number of aliphatic hydroxyl groups excluding tert-OH is 1. The number of aromatic hydroxyl groups is 1. The van der Waals surface area contributed by atoms with Gasteiger partial charge in [-0.05, 0) is 42.2 Å². The average molecular weight is 425 g/mol. The third-order valence-corrected chi connectivity index (χ3v) is 6.12. The molecule has 2 aromatic rings. The van der Waals surface area contributed by atoms with Crippen LogP contribution in [-0.4, -0.2) is 27.0 Å². The Kier molecular flexibility index (Phi) is 5.00. The third kappa shape index (κ3) is 4.38. The molecule has 0 saturated carbocycles. The highest BCUT2D eigenvalue weighted by Gasteiger charge is 2.30. The molecular formula is C17H19N3O6S2. The highest BCUT2D eigenvalue weighted by molar-refractivity contribution is 7.91. The lowest BCUT2D eigenvalue weighted by Gasteiger charge is -2.16. The molecule has 0 bridgehead atoms. The van der Waals surface area contributed by atoms with Gasteiger partial charge in [0.2, 0.25) is 15.9 Å². The lowest BCUT2D eigenvalue weighted by atomic mass is 9.98. The molecule has 2 aromatic carbocycles. The maximum Gasteiger partial charge on any atom is 0.330 e. The topological polar surface area (TPSA) is 150 Å². The van der Waals surface area contributed by atoms with Crippen LogP contribution in [0, 0.1) is 6.92 Å². The van der Waals surface area contributed by atoms with Gasteiger partial charge >= 0.3 is 10.2 Å². The first-order chi connectivity index (χ1) is 12.9. The van der Waals surface area contributed by atoms with Crippen molar-refractivity contribution in [1.82, 2.24) is 4.72 Å². The summed E-state index contributed by atoms with van der Waals surface area (Å²) in [5.74, 6) is -1.18. The van der Waals surface area contributed by atoms with E-state index in [1.54, 1.807) is 18.2 Å². The number of primary sulfonamides is 1. The number of nitrogens with one attached hydrogen (secondary N) is 1. The van der Waals surface area contributed by atoms with Gasteiger partial charge in [0, 0.05) is 0 Å². The van der Waals surface area contributed by atoms with Crippen molar-refractivity contribution in [3.05, 3.63) is 70.7 Å². The van der Waals surface area contributed by atoms with Gasteiger partial charge in [-0.2, -0.15) is 8.42 Å². The minimum atomic E-state index is -4.02. The van der Waals surface area contributed by atoms with E-state index in [0.29, 0.717) is 17.5 Å². The van der Waals surface area contributed by atoms with Crippen LogP contribution >= 0.6 is 0 Å². The van der Waals surface area contributed by atoms with E-state index < -0.39 is 26.1 Å². The molecule has 28 heavy (non-hydrogen) atoms. The van der Waals surface area contributed by atoms with Crippen LogP contribution in [0.25, 0.3) is 0 Å². The number of aryl methyl sites for hydroxylation is 1. The van der Waals surface area contributed by atoms with Crippen molar-refractivity contribution in [3.63, 3.8) is 0 Å². The van der Waals surface area contributed by atoms with Crippen LogP contribution in [-0.2, 0) is 32.4 Å². The number of phenolic OH excluding ortho intramolecular Hbond substituents is 1. The predicted octanol–water partition coefficient (Wildman–Crippen LogP) is 1.09. The summed E-state index contributed by atoms with van der Waals surface area (Å²) in [6, 6.07) is 9.75. The van der Waals surface area contributed by atoms with Crippen molar-refractivity contribution in [1.29, 1.82) is 0 Å². The number of sulfonamides is 1. The van der Waals surface area contributed by atoms with E-state index in [4.69, 9.17) is 5.14 Å². The number of nitrogens with two attached hydrogens (primary N) is 1. The van der Waals surface area contributed by atoms with Crippen LogP contribution in [0.3, 0.4) is 0 Å². The van der Waals surface area contributed by atoms with Crippen LogP contribution < -0.4 is 14.2 Å². The summed E-state index contributed by atoms with van der Waals surface area (Å²) in [5.41, 5.74) is 2.77. The van der Waals surface area contributed by atoms with E-state index in [1.165, 1.54) is 12.1 Å². The van der Waals surface area contributed by atoms with Gasteiger partial charge in [0.15, 0.2) is 0 Å². The van der Waals surface area contributed by atoms with Crippen molar-refractivity contribution in [2.45, 2.75) is 19.1 Å². The smallest absolute Gasteiger partial charge is 0.330 e. The third-order valence-electron chi connectivity index (χ3n) is 4.12. The van der Waals surface area contributed by atoms with Crippen LogP contribution in [0.15, 0.2) is 48.5 Å². The number of hydrogen-bond acceptors (Lipinski definition) is 6. The Morgan fingerprint density at radius 1 is 1.11 bits per heavy atom. The Hall–Kier alpha value is -2.76. The summed E-state index contributed by atoms with van der Waals surface area (Å²) in [4.78, 5) is 0. The van der Waals surface area contributed by atoms with Gasteiger partial charge in [-0.1, -0.05) is 29.8 Å². The summed E-state index contributed by atoms with van der Waals surface area (Å²) in [6.45, 7) is 1.84. The van der Waals surface area contributed by atoms with E-state index in [9.17, 15) is 27.0 Å². The summed E-state index contributed by atoms with van der Waals surface area (Å²) in [7, 11) is -7.73. The molecule has 3 rings (SSSR count). The molecule has 0 spiro atoms. The molecule has 11 heteroatoms. The number of rotatable bonds is 5. The highest BCUT2D eigenvalue weighted by atomic mass is 32.2. The van der Waals surface area contributed by atoms with Crippen molar-refractivity contribution < 1.29 is 27.0 Å². The van der Waals surface area contributed by atoms with E-state index in [2.05, 4.69) is 0 Å². The standard InChI is InChI=1S/C17H19N3O6S2/c1-11-2-4-13(14(6-11)10-27(18,23)24)7-12-3-5-15(16(21)8-12)20-9-17(22)19-28(20,25)26/h2-6,8-9,19,21-22H,7,10H2,1H3,(H2,18,23,24). The Balaban J connectivity index is 1.92. The number of anilines is 1. The molecular weight excluding hydrogens is 406 g/mol. The molecule has 0 amide bonds. The molecule has 1 aliphatic rings. The fourth-order valence-corrected chi connectivity index (χ4v) is 4.72. The maximum absolute atomic E-state index is 11.9. The quantitative estimate of drug-likeness (QED) is 0.563. The molecule has 1 aliphatic heterocycles. The van der Waals surface area contributed by atoms with Crippen molar-refractivity contribution in [3.8, 4) is 5.75 Å². The number of phenols is 1. The molecule has 1 heterocycles. The number of aliphatic hydroxyl groups is 1. The van der Waals surface area contributed by atoms with Crippen molar-refractivity contribution in [2.24, 2.45) is 5.14 Å². The zero-order chi connectivity index (χ0) is 20.7.